The Bertz CT molecular complexity index is 759. The zero-order valence-corrected chi connectivity index (χ0v) is 10.8. The van der Waals surface area contributed by atoms with Crippen molar-refractivity contribution in [3.8, 4) is 0 Å². The second kappa shape index (κ2) is 4.04. The summed E-state index contributed by atoms with van der Waals surface area (Å²) in [5.41, 5.74) is 15.4. The zero-order valence-electron chi connectivity index (χ0n) is 10.8. The number of anilines is 2. The number of nitrogens with zero attached hydrogens (tertiary/aromatic N) is 5. The third kappa shape index (κ3) is 1.66. The Kier molecular flexibility index (Phi) is 2.48. The van der Waals surface area contributed by atoms with Crippen molar-refractivity contribution in [3.05, 3.63) is 18.0 Å². The van der Waals surface area contributed by atoms with Gasteiger partial charge in [0, 0.05) is 11.6 Å². The summed E-state index contributed by atoms with van der Waals surface area (Å²) in [6.45, 7) is 4.29. The summed E-state index contributed by atoms with van der Waals surface area (Å²) < 4.78 is 1.58. The van der Waals surface area contributed by atoms with Crippen molar-refractivity contribution in [1.82, 2.24) is 25.0 Å². The molecule has 0 aliphatic heterocycles. The zero-order chi connectivity index (χ0) is 13.6. The molecule has 0 fully saturated rings. The maximum Gasteiger partial charge on any atom is 0.204 e. The van der Waals surface area contributed by atoms with Crippen LogP contribution >= 0.6 is 0 Å². The minimum Gasteiger partial charge on any atom is -0.396 e. The minimum absolute atomic E-state index is 0.411. The van der Waals surface area contributed by atoms with E-state index in [9.17, 15) is 0 Å². The molecule has 3 heterocycles. The molecule has 0 aromatic carbocycles. The molecule has 0 saturated heterocycles. The van der Waals surface area contributed by atoms with Crippen molar-refractivity contribution in [2.24, 2.45) is 5.92 Å². The summed E-state index contributed by atoms with van der Waals surface area (Å²) in [5.74, 6) is 0.498. The largest absolute Gasteiger partial charge is 0.396 e. The van der Waals surface area contributed by atoms with E-state index in [1.165, 1.54) is 0 Å². The van der Waals surface area contributed by atoms with Crippen molar-refractivity contribution in [2.45, 2.75) is 20.3 Å². The van der Waals surface area contributed by atoms with Gasteiger partial charge in [0.05, 0.1) is 17.4 Å². The third-order valence-electron chi connectivity index (χ3n) is 3.13. The smallest absolute Gasteiger partial charge is 0.204 e. The van der Waals surface area contributed by atoms with Crippen LogP contribution in [0.25, 0.3) is 16.6 Å². The van der Waals surface area contributed by atoms with Crippen molar-refractivity contribution < 1.29 is 0 Å². The first-order chi connectivity index (χ1) is 9.09. The van der Waals surface area contributed by atoms with Gasteiger partial charge >= 0.3 is 0 Å². The molecule has 4 N–H and O–H groups in total. The third-order valence-corrected chi connectivity index (χ3v) is 3.13. The fraction of sp³-hybridized carbons (Fsp3) is 0.333. The van der Waals surface area contributed by atoms with Crippen molar-refractivity contribution in [2.75, 3.05) is 11.5 Å². The molecule has 3 aromatic rings. The van der Waals surface area contributed by atoms with Gasteiger partial charge in [-0.1, -0.05) is 13.8 Å². The van der Waals surface area contributed by atoms with Gasteiger partial charge in [0.25, 0.3) is 0 Å². The standard InChI is InChI=1S/C12H15N7/c1-6(2)3-7-4-15-5-8-9(7)10(13)11(14)12-16-17-18-19(8)12/h4-6H,3,13-14H2,1-2H3. The van der Waals surface area contributed by atoms with Crippen LogP contribution in [0.4, 0.5) is 11.4 Å². The summed E-state index contributed by atoms with van der Waals surface area (Å²) in [6, 6.07) is 0. The molecular weight excluding hydrogens is 242 g/mol. The summed E-state index contributed by atoms with van der Waals surface area (Å²) in [6.07, 6.45) is 4.41. The fourth-order valence-electron chi connectivity index (χ4n) is 2.33. The van der Waals surface area contributed by atoms with Crippen LogP contribution < -0.4 is 11.5 Å². The highest BCUT2D eigenvalue weighted by Gasteiger charge is 2.16. The van der Waals surface area contributed by atoms with E-state index in [1.54, 1.807) is 10.7 Å². The SMILES string of the molecule is CC(C)Cc1cncc2c1c(N)c(N)c1nnnn12. The fourth-order valence-corrected chi connectivity index (χ4v) is 2.33. The molecule has 0 spiro atoms. The van der Waals surface area contributed by atoms with Crippen molar-refractivity contribution >= 4 is 27.9 Å². The van der Waals surface area contributed by atoms with E-state index in [4.69, 9.17) is 11.5 Å². The van der Waals surface area contributed by atoms with Crippen LogP contribution in [0.5, 0.6) is 0 Å². The lowest BCUT2D eigenvalue weighted by Gasteiger charge is -2.12. The molecule has 0 unspecified atom stereocenters. The van der Waals surface area contributed by atoms with Crippen LogP contribution in [0.3, 0.4) is 0 Å². The molecule has 7 heteroatoms. The Balaban J connectivity index is 2.45. The first-order valence-corrected chi connectivity index (χ1v) is 6.11. The monoisotopic (exact) mass is 257 g/mol. The molecule has 0 atom stereocenters. The highest BCUT2D eigenvalue weighted by molar-refractivity contribution is 6.02. The van der Waals surface area contributed by atoms with Crippen LogP contribution in [0, 0.1) is 5.92 Å². The van der Waals surface area contributed by atoms with Gasteiger partial charge in [-0.25, -0.2) is 0 Å². The van der Waals surface area contributed by atoms with Gasteiger partial charge in [0.15, 0.2) is 0 Å². The Morgan fingerprint density at radius 2 is 2.00 bits per heavy atom. The van der Waals surface area contributed by atoms with E-state index in [1.807, 2.05) is 6.20 Å². The lowest BCUT2D eigenvalue weighted by atomic mass is 9.99. The van der Waals surface area contributed by atoms with Gasteiger partial charge in [-0.15, -0.1) is 5.10 Å². The van der Waals surface area contributed by atoms with Gasteiger partial charge in [-0.2, -0.15) is 4.52 Å². The molecule has 0 saturated carbocycles. The van der Waals surface area contributed by atoms with E-state index in [0.717, 1.165) is 22.9 Å². The average Bonchev–Trinajstić information content (AvgIpc) is 2.84. The minimum atomic E-state index is 0.411. The number of aromatic nitrogens is 5. The number of fused-ring (bicyclic) bond motifs is 3. The second-order valence-electron chi connectivity index (χ2n) is 5.03. The van der Waals surface area contributed by atoms with Crippen LogP contribution in [0.15, 0.2) is 12.4 Å². The number of hydrogen-bond acceptors (Lipinski definition) is 6. The first kappa shape index (κ1) is 11.6. The predicted molar refractivity (Wildman–Crippen MR) is 73.4 cm³/mol. The maximum absolute atomic E-state index is 6.16. The summed E-state index contributed by atoms with van der Waals surface area (Å²) in [5, 5.41) is 12.4. The quantitative estimate of drug-likeness (QED) is 0.710. The van der Waals surface area contributed by atoms with Crippen molar-refractivity contribution in [1.29, 1.82) is 0 Å². The summed E-state index contributed by atoms with van der Waals surface area (Å²) >= 11 is 0. The number of tetrazole rings is 1. The van der Waals surface area contributed by atoms with Gasteiger partial charge < -0.3 is 11.5 Å². The maximum atomic E-state index is 6.16. The van der Waals surface area contributed by atoms with E-state index in [0.29, 0.717) is 22.9 Å². The summed E-state index contributed by atoms with van der Waals surface area (Å²) in [4.78, 5) is 4.25. The number of nitrogens with two attached hydrogens (primary N) is 2. The molecule has 3 rings (SSSR count). The van der Waals surface area contributed by atoms with Crippen molar-refractivity contribution in [3.63, 3.8) is 0 Å². The van der Waals surface area contributed by atoms with Crippen LogP contribution in [0.1, 0.15) is 19.4 Å². The van der Waals surface area contributed by atoms with Gasteiger partial charge in [-0.3, -0.25) is 4.98 Å². The molecule has 0 aliphatic carbocycles. The average molecular weight is 257 g/mol. The molecule has 0 aliphatic rings. The van der Waals surface area contributed by atoms with Crippen LogP contribution in [0.2, 0.25) is 0 Å². The van der Waals surface area contributed by atoms with E-state index in [-0.39, 0.29) is 0 Å². The Hall–Kier alpha value is -2.44. The second-order valence-corrected chi connectivity index (χ2v) is 5.03. The number of pyridine rings is 2. The van der Waals surface area contributed by atoms with E-state index < -0.39 is 0 Å². The Morgan fingerprint density at radius 3 is 2.74 bits per heavy atom. The number of nitrogen functional groups attached to an aromatic ring is 2. The van der Waals surface area contributed by atoms with E-state index >= 15 is 0 Å². The Labute approximate surface area is 109 Å². The molecular formula is C12H15N7. The molecule has 19 heavy (non-hydrogen) atoms. The number of hydrogen-bond donors (Lipinski definition) is 2. The predicted octanol–water partition coefficient (Wildman–Crippen LogP) is 1.04. The lowest BCUT2D eigenvalue weighted by molar-refractivity contribution is 0.648. The van der Waals surface area contributed by atoms with Crippen LogP contribution in [-0.2, 0) is 6.42 Å². The topological polar surface area (TPSA) is 108 Å². The normalized spacial score (nSPS) is 11.7. The molecule has 3 aromatic heterocycles. The molecule has 0 bridgehead atoms. The highest BCUT2D eigenvalue weighted by Crippen LogP contribution is 2.32. The lowest BCUT2D eigenvalue weighted by Crippen LogP contribution is -2.06. The number of rotatable bonds is 2. The van der Waals surface area contributed by atoms with Gasteiger partial charge in [0.1, 0.15) is 5.69 Å². The molecule has 98 valence electrons. The highest BCUT2D eigenvalue weighted by atomic mass is 15.5. The molecule has 0 radical (unpaired) electrons. The van der Waals surface area contributed by atoms with E-state index in [2.05, 4.69) is 34.4 Å². The van der Waals surface area contributed by atoms with Gasteiger partial charge in [-0.05, 0) is 28.3 Å². The van der Waals surface area contributed by atoms with Gasteiger partial charge in [0.2, 0.25) is 5.65 Å². The Morgan fingerprint density at radius 1 is 1.21 bits per heavy atom. The molecule has 0 amide bonds. The van der Waals surface area contributed by atoms with Crippen LogP contribution in [-0.4, -0.2) is 25.0 Å². The first-order valence-electron chi connectivity index (χ1n) is 6.11. The molecule has 7 nitrogen and oxygen atoms in total. The summed E-state index contributed by atoms with van der Waals surface area (Å²) in [7, 11) is 0.